The van der Waals surface area contributed by atoms with Gasteiger partial charge in [-0.3, -0.25) is 0 Å². The molecule has 23 heavy (non-hydrogen) atoms. The highest BCUT2D eigenvalue weighted by Crippen LogP contribution is 2.23. The third kappa shape index (κ3) is 3.94. The number of allylic oxidation sites excluding steroid dienone is 1. The van der Waals surface area contributed by atoms with Gasteiger partial charge >= 0.3 is 0 Å². The summed E-state index contributed by atoms with van der Waals surface area (Å²) >= 11 is 0. The smallest absolute Gasteiger partial charge is 0.200 e. The zero-order valence-electron chi connectivity index (χ0n) is 11.6. The summed E-state index contributed by atoms with van der Waals surface area (Å²) in [7, 11) is 0. The van der Waals surface area contributed by atoms with Crippen LogP contribution >= 0.6 is 0 Å². The first kappa shape index (κ1) is 16.7. The van der Waals surface area contributed by atoms with Crippen LogP contribution in [-0.2, 0) is 11.4 Å². The van der Waals surface area contributed by atoms with Crippen LogP contribution in [0.5, 0.6) is 0 Å². The van der Waals surface area contributed by atoms with Gasteiger partial charge in [0.1, 0.15) is 6.61 Å². The van der Waals surface area contributed by atoms with Gasteiger partial charge in [-0.15, -0.1) is 0 Å². The average Bonchev–Trinajstić information content (AvgIpc) is 2.58. The molecule has 7 heteroatoms. The van der Waals surface area contributed by atoms with E-state index in [0.29, 0.717) is 0 Å². The Hall–Kier alpha value is -2.70. The molecule has 2 rings (SSSR count). The Morgan fingerprint density at radius 2 is 1.39 bits per heavy atom. The monoisotopic (exact) mass is 327 g/mol. The highest BCUT2D eigenvalue weighted by molar-refractivity contribution is 5.77. The summed E-state index contributed by atoms with van der Waals surface area (Å²) in [5.41, 5.74) is -0.190. The van der Waals surface area contributed by atoms with Crippen molar-refractivity contribution in [2.75, 3.05) is 0 Å². The van der Waals surface area contributed by atoms with E-state index in [1.165, 1.54) is 12.3 Å². The molecule has 0 spiro atoms. The molecule has 0 bridgehead atoms. The van der Waals surface area contributed by atoms with Crippen LogP contribution in [0.3, 0.4) is 0 Å². The van der Waals surface area contributed by atoms with Gasteiger partial charge in [-0.1, -0.05) is 41.6 Å². The SMILES string of the molecule is Fc1c(F)c(F)c(CO/N=C/C=C/c2ccccc2)c(F)c1F. The lowest BCUT2D eigenvalue weighted by Gasteiger charge is -2.06. The minimum absolute atomic E-state index is 0.887. The second-order valence-electron chi connectivity index (χ2n) is 4.35. The van der Waals surface area contributed by atoms with Gasteiger partial charge in [-0.2, -0.15) is 0 Å². The number of hydrogen-bond donors (Lipinski definition) is 0. The summed E-state index contributed by atoms with van der Waals surface area (Å²) < 4.78 is 65.4. The van der Waals surface area contributed by atoms with Crippen LogP contribution in [0.25, 0.3) is 6.08 Å². The van der Waals surface area contributed by atoms with Crippen LogP contribution in [-0.4, -0.2) is 6.21 Å². The Balaban J connectivity index is 1.99. The molecule has 2 aromatic carbocycles. The molecule has 0 aliphatic rings. The predicted molar refractivity (Wildman–Crippen MR) is 75.0 cm³/mol. The zero-order chi connectivity index (χ0) is 16.8. The fraction of sp³-hybridized carbons (Fsp3) is 0.0625. The number of hydrogen-bond acceptors (Lipinski definition) is 2. The van der Waals surface area contributed by atoms with E-state index >= 15 is 0 Å². The molecule has 0 saturated carbocycles. The average molecular weight is 327 g/mol. The number of oxime groups is 1. The van der Waals surface area contributed by atoms with Gasteiger partial charge in [0.05, 0.1) is 11.8 Å². The first-order valence-electron chi connectivity index (χ1n) is 6.39. The highest BCUT2D eigenvalue weighted by Gasteiger charge is 2.25. The van der Waals surface area contributed by atoms with Gasteiger partial charge < -0.3 is 4.84 Å². The molecular weight excluding hydrogens is 317 g/mol. The van der Waals surface area contributed by atoms with Crippen molar-refractivity contribution in [1.82, 2.24) is 0 Å². The van der Waals surface area contributed by atoms with Crippen molar-refractivity contribution in [2.24, 2.45) is 5.16 Å². The van der Waals surface area contributed by atoms with Crippen molar-refractivity contribution >= 4 is 12.3 Å². The lowest BCUT2D eigenvalue weighted by molar-refractivity contribution is 0.124. The second kappa shape index (κ2) is 7.53. The Bertz CT molecular complexity index is 715. The maximum atomic E-state index is 13.3. The molecule has 0 heterocycles. The summed E-state index contributed by atoms with van der Waals surface area (Å²) in [6, 6.07) is 9.17. The quantitative estimate of drug-likeness (QED) is 0.259. The van der Waals surface area contributed by atoms with E-state index in [0.717, 1.165) is 5.56 Å². The topological polar surface area (TPSA) is 21.6 Å². The van der Waals surface area contributed by atoms with E-state index < -0.39 is 41.3 Å². The number of halogens is 5. The van der Waals surface area contributed by atoms with Crippen molar-refractivity contribution in [3.8, 4) is 0 Å². The molecule has 0 unspecified atom stereocenters. The summed E-state index contributed by atoms with van der Waals surface area (Å²) in [6.45, 7) is -0.887. The zero-order valence-corrected chi connectivity index (χ0v) is 11.6. The van der Waals surface area contributed by atoms with E-state index in [2.05, 4.69) is 9.99 Å². The van der Waals surface area contributed by atoms with Crippen molar-refractivity contribution in [3.63, 3.8) is 0 Å². The van der Waals surface area contributed by atoms with Crippen molar-refractivity contribution in [2.45, 2.75) is 6.61 Å². The molecule has 0 atom stereocenters. The van der Waals surface area contributed by atoms with Gasteiger partial charge in [0, 0.05) is 0 Å². The van der Waals surface area contributed by atoms with E-state index in [9.17, 15) is 22.0 Å². The second-order valence-corrected chi connectivity index (χ2v) is 4.35. The summed E-state index contributed by atoms with van der Waals surface area (Å²) in [5, 5.41) is 3.36. The largest absolute Gasteiger partial charge is 0.391 e. The first-order valence-corrected chi connectivity index (χ1v) is 6.39. The Morgan fingerprint density at radius 1 is 0.826 bits per heavy atom. The Kier molecular flexibility index (Phi) is 5.46. The molecule has 0 fully saturated rings. The van der Waals surface area contributed by atoms with Crippen LogP contribution in [0.1, 0.15) is 11.1 Å². The molecule has 120 valence electrons. The standard InChI is InChI=1S/C16H10F5NO/c17-12-11(13(18)15(20)16(21)14(12)19)9-23-22-8-4-7-10-5-2-1-3-6-10/h1-8H,9H2/b7-4+,22-8+. The summed E-state index contributed by atoms with van der Waals surface area (Å²) in [4.78, 5) is 4.55. The van der Waals surface area contributed by atoms with Crippen LogP contribution < -0.4 is 0 Å². The van der Waals surface area contributed by atoms with Gasteiger partial charge in [0.25, 0.3) is 0 Å². The van der Waals surface area contributed by atoms with Crippen LogP contribution in [0.4, 0.5) is 22.0 Å². The van der Waals surface area contributed by atoms with Crippen LogP contribution in [0, 0.1) is 29.1 Å². The molecule has 0 amide bonds. The predicted octanol–water partition coefficient (Wildman–Crippen LogP) is 4.60. The first-order chi connectivity index (χ1) is 11.0. The van der Waals surface area contributed by atoms with Crippen molar-refractivity contribution < 1.29 is 26.8 Å². The summed E-state index contributed by atoms with van der Waals surface area (Å²) in [5.74, 6) is -10.1. The fourth-order valence-electron chi connectivity index (χ4n) is 1.68. The van der Waals surface area contributed by atoms with Crippen LogP contribution in [0.15, 0.2) is 41.6 Å². The van der Waals surface area contributed by atoms with E-state index in [4.69, 9.17) is 0 Å². The van der Waals surface area contributed by atoms with Gasteiger partial charge in [0.2, 0.25) is 5.82 Å². The molecule has 2 aromatic rings. The third-order valence-corrected chi connectivity index (χ3v) is 2.82. The number of rotatable bonds is 5. The molecule has 2 nitrogen and oxygen atoms in total. The molecule has 0 aliphatic carbocycles. The normalized spacial score (nSPS) is 11.5. The lowest BCUT2D eigenvalue weighted by atomic mass is 10.2. The van der Waals surface area contributed by atoms with Crippen molar-refractivity contribution in [1.29, 1.82) is 0 Å². The highest BCUT2D eigenvalue weighted by atomic mass is 19.2. The molecule has 0 N–H and O–H groups in total. The number of nitrogens with zero attached hydrogens (tertiary/aromatic N) is 1. The van der Waals surface area contributed by atoms with E-state index in [1.54, 1.807) is 6.08 Å². The number of benzene rings is 2. The lowest BCUT2D eigenvalue weighted by Crippen LogP contribution is -2.07. The maximum absolute atomic E-state index is 13.3. The van der Waals surface area contributed by atoms with Crippen LogP contribution in [0.2, 0.25) is 0 Å². The molecular formula is C16H10F5NO. The Labute approximate surface area is 128 Å². The Morgan fingerprint density at radius 3 is 2.00 bits per heavy atom. The summed E-state index contributed by atoms with van der Waals surface area (Å²) in [6.07, 6.45) is 4.36. The molecule has 0 aliphatic heterocycles. The molecule has 0 saturated heterocycles. The van der Waals surface area contributed by atoms with Gasteiger partial charge in [0.15, 0.2) is 23.3 Å². The van der Waals surface area contributed by atoms with Gasteiger partial charge in [-0.25, -0.2) is 22.0 Å². The molecule has 0 aromatic heterocycles. The minimum atomic E-state index is -2.21. The minimum Gasteiger partial charge on any atom is -0.391 e. The fourth-order valence-corrected chi connectivity index (χ4v) is 1.68. The third-order valence-electron chi connectivity index (χ3n) is 2.82. The van der Waals surface area contributed by atoms with Gasteiger partial charge in [-0.05, 0) is 11.6 Å². The van der Waals surface area contributed by atoms with Crippen molar-refractivity contribution in [3.05, 3.63) is 76.6 Å². The maximum Gasteiger partial charge on any atom is 0.200 e. The molecule has 0 radical (unpaired) electrons. The van der Waals surface area contributed by atoms with E-state index in [1.807, 2.05) is 30.3 Å². The van der Waals surface area contributed by atoms with E-state index in [-0.39, 0.29) is 0 Å².